The molecule has 2 heterocycles. The third kappa shape index (κ3) is 2.96. The van der Waals surface area contributed by atoms with Gasteiger partial charge in [0.2, 0.25) is 0 Å². The summed E-state index contributed by atoms with van der Waals surface area (Å²) in [6, 6.07) is 4.78. The van der Waals surface area contributed by atoms with Gasteiger partial charge in [-0.05, 0) is 32.4 Å². The van der Waals surface area contributed by atoms with Crippen LogP contribution in [-0.2, 0) is 6.54 Å². The Morgan fingerprint density at radius 1 is 1.22 bits per heavy atom. The summed E-state index contributed by atoms with van der Waals surface area (Å²) >= 11 is 0. The normalized spacial score (nSPS) is 12.9. The summed E-state index contributed by atoms with van der Waals surface area (Å²) < 4.78 is 2.18. The van der Waals surface area contributed by atoms with Gasteiger partial charge in [-0.1, -0.05) is 6.07 Å². The Bertz CT molecular complexity index is 476. The Labute approximate surface area is 108 Å². The molecule has 0 aliphatic carbocycles. The van der Waals surface area contributed by atoms with Crippen molar-refractivity contribution in [2.45, 2.75) is 39.4 Å². The van der Waals surface area contributed by atoms with E-state index in [9.17, 15) is 0 Å². The maximum absolute atomic E-state index is 4.20. The number of pyridine rings is 1. The molecule has 0 fully saturated rings. The first-order valence-electron chi connectivity index (χ1n) is 6.32. The topological polar surface area (TPSA) is 42.7 Å². The van der Waals surface area contributed by atoms with Crippen molar-refractivity contribution in [2.24, 2.45) is 0 Å². The summed E-state index contributed by atoms with van der Waals surface area (Å²) in [6.07, 6.45) is 7.50. The number of nitrogens with zero attached hydrogens (tertiary/aromatic N) is 3. The number of hydrogen-bond donors (Lipinski definition) is 1. The zero-order valence-electron chi connectivity index (χ0n) is 11.2. The lowest BCUT2D eigenvalue weighted by molar-refractivity contribution is 0.518. The second-order valence-corrected chi connectivity index (χ2v) is 4.77. The largest absolute Gasteiger partial charge is 0.331 e. The van der Waals surface area contributed by atoms with Crippen molar-refractivity contribution in [1.29, 1.82) is 0 Å². The monoisotopic (exact) mass is 244 g/mol. The van der Waals surface area contributed by atoms with E-state index < -0.39 is 0 Å². The Morgan fingerprint density at radius 2 is 2.06 bits per heavy atom. The van der Waals surface area contributed by atoms with Gasteiger partial charge in [0.25, 0.3) is 0 Å². The molecule has 0 spiro atoms. The quantitative estimate of drug-likeness (QED) is 0.879. The van der Waals surface area contributed by atoms with E-state index >= 15 is 0 Å². The molecule has 0 saturated heterocycles. The molecule has 0 unspecified atom stereocenters. The van der Waals surface area contributed by atoms with Crippen molar-refractivity contribution in [1.82, 2.24) is 19.9 Å². The minimum atomic E-state index is 0.286. The van der Waals surface area contributed by atoms with Crippen molar-refractivity contribution in [3.63, 3.8) is 0 Å². The molecule has 2 rings (SSSR count). The van der Waals surface area contributed by atoms with Gasteiger partial charge in [0, 0.05) is 37.2 Å². The Balaban J connectivity index is 1.97. The fourth-order valence-electron chi connectivity index (χ4n) is 1.94. The van der Waals surface area contributed by atoms with E-state index in [0.717, 1.165) is 6.54 Å². The smallest absolute Gasteiger partial charge is 0.0951 e. The fourth-order valence-corrected chi connectivity index (χ4v) is 1.94. The number of hydrogen-bond acceptors (Lipinski definition) is 3. The zero-order valence-corrected chi connectivity index (χ0v) is 11.2. The van der Waals surface area contributed by atoms with Gasteiger partial charge in [-0.2, -0.15) is 0 Å². The molecule has 0 saturated carbocycles. The third-order valence-corrected chi connectivity index (χ3v) is 3.08. The molecule has 4 nitrogen and oxygen atoms in total. The van der Waals surface area contributed by atoms with Crippen LogP contribution < -0.4 is 5.32 Å². The Kier molecular flexibility index (Phi) is 4.10. The van der Waals surface area contributed by atoms with Crippen molar-refractivity contribution >= 4 is 0 Å². The van der Waals surface area contributed by atoms with E-state index in [1.165, 1.54) is 11.3 Å². The second kappa shape index (κ2) is 5.78. The zero-order chi connectivity index (χ0) is 13.0. The summed E-state index contributed by atoms with van der Waals surface area (Å²) in [7, 11) is 0. The number of imidazole rings is 1. The first kappa shape index (κ1) is 12.8. The van der Waals surface area contributed by atoms with Crippen LogP contribution in [0.2, 0.25) is 0 Å². The molecule has 0 aliphatic heterocycles. The number of nitrogens with one attached hydrogen (secondary N) is 1. The maximum atomic E-state index is 4.20. The van der Waals surface area contributed by atoms with Gasteiger partial charge in [0.15, 0.2) is 0 Å². The molecule has 0 aromatic carbocycles. The van der Waals surface area contributed by atoms with E-state index in [0.29, 0.717) is 6.04 Å². The number of rotatable bonds is 5. The van der Waals surface area contributed by atoms with Crippen LogP contribution in [0.1, 0.15) is 44.1 Å². The maximum Gasteiger partial charge on any atom is 0.0951 e. The molecule has 2 aromatic heterocycles. The van der Waals surface area contributed by atoms with Crippen LogP contribution in [0.3, 0.4) is 0 Å². The highest BCUT2D eigenvalue weighted by Crippen LogP contribution is 2.13. The highest BCUT2D eigenvalue weighted by atomic mass is 15.1. The Morgan fingerprint density at radius 3 is 2.72 bits per heavy atom. The molecule has 1 atom stereocenters. The highest BCUT2D eigenvalue weighted by molar-refractivity contribution is 5.13. The fraction of sp³-hybridized carbons (Fsp3) is 0.429. The first-order chi connectivity index (χ1) is 8.68. The molecule has 18 heavy (non-hydrogen) atoms. The average molecular weight is 244 g/mol. The van der Waals surface area contributed by atoms with Gasteiger partial charge in [-0.15, -0.1) is 0 Å². The van der Waals surface area contributed by atoms with Gasteiger partial charge in [-0.3, -0.25) is 4.98 Å². The van der Waals surface area contributed by atoms with E-state index in [1.807, 2.05) is 24.8 Å². The van der Waals surface area contributed by atoms with Crippen molar-refractivity contribution < 1.29 is 0 Å². The molecule has 0 bridgehead atoms. The molecule has 1 N–H and O–H groups in total. The van der Waals surface area contributed by atoms with Gasteiger partial charge in [0.05, 0.1) is 12.0 Å². The SMILES string of the molecule is CC(C)n1cncc1CN[C@H](C)c1cccnc1. The van der Waals surface area contributed by atoms with Crippen LogP contribution in [0.4, 0.5) is 0 Å². The van der Waals surface area contributed by atoms with E-state index in [-0.39, 0.29) is 6.04 Å². The molecule has 96 valence electrons. The van der Waals surface area contributed by atoms with Crippen LogP contribution in [0.15, 0.2) is 37.1 Å². The molecule has 0 amide bonds. The molecule has 0 radical (unpaired) electrons. The third-order valence-electron chi connectivity index (χ3n) is 3.08. The highest BCUT2D eigenvalue weighted by Gasteiger charge is 2.08. The number of aromatic nitrogens is 3. The van der Waals surface area contributed by atoms with Gasteiger partial charge in [0.1, 0.15) is 0 Å². The minimum absolute atomic E-state index is 0.286. The van der Waals surface area contributed by atoms with Crippen molar-refractivity contribution in [3.8, 4) is 0 Å². The van der Waals surface area contributed by atoms with E-state index in [4.69, 9.17) is 0 Å². The van der Waals surface area contributed by atoms with Crippen LogP contribution in [-0.4, -0.2) is 14.5 Å². The van der Waals surface area contributed by atoms with Gasteiger partial charge >= 0.3 is 0 Å². The molecular weight excluding hydrogens is 224 g/mol. The average Bonchev–Trinajstić information content (AvgIpc) is 2.85. The summed E-state index contributed by atoms with van der Waals surface area (Å²) in [5.41, 5.74) is 2.41. The van der Waals surface area contributed by atoms with Crippen LogP contribution >= 0.6 is 0 Å². The standard InChI is InChI=1S/C14H20N4/c1-11(2)18-10-16-8-14(18)9-17-12(3)13-5-4-6-15-7-13/h4-8,10-12,17H,9H2,1-3H3/t12-/m1/s1. The van der Waals surface area contributed by atoms with E-state index in [2.05, 4.69) is 46.7 Å². The molecule has 0 aliphatic rings. The lowest BCUT2D eigenvalue weighted by Gasteiger charge is -2.16. The van der Waals surface area contributed by atoms with Crippen LogP contribution in [0.25, 0.3) is 0 Å². The molecular formula is C14H20N4. The summed E-state index contributed by atoms with van der Waals surface area (Å²) in [5, 5.41) is 3.50. The van der Waals surface area contributed by atoms with Crippen LogP contribution in [0.5, 0.6) is 0 Å². The predicted molar refractivity (Wildman–Crippen MR) is 72.1 cm³/mol. The lowest BCUT2D eigenvalue weighted by atomic mass is 10.1. The summed E-state index contributed by atoms with van der Waals surface area (Å²) in [4.78, 5) is 8.34. The van der Waals surface area contributed by atoms with Gasteiger partial charge in [-0.25, -0.2) is 4.98 Å². The summed E-state index contributed by atoms with van der Waals surface area (Å²) in [5.74, 6) is 0. The van der Waals surface area contributed by atoms with Crippen molar-refractivity contribution in [2.75, 3.05) is 0 Å². The van der Waals surface area contributed by atoms with E-state index in [1.54, 1.807) is 6.20 Å². The molecule has 2 aromatic rings. The minimum Gasteiger partial charge on any atom is -0.331 e. The summed E-state index contributed by atoms with van der Waals surface area (Å²) in [6.45, 7) is 7.28. The van der Waals surface area contributed by atoms with Gasteiger partial charge < -0.3 is 9.88 Å². The van der Waals surface area contributed by atoms with Crippen molar-refractivity contribution in [3.05, 3.63) is 48.3 Å². The lowest BCUT2D eigenvalue weighted by Crippen LogP contribution is -2.20. The predicted octanol–water partition coefficient (Wildman–Crippen LogP) is 2.71. The first-order valence-corrected chi connectivity index (χ1v) is 6.32. The second-order valence-electron chi connectivity index (χ2n) is 4.77. The molecule has 4 heteroatoms. The Hall–Kier alpha value is -1.68. The van der Waals surface area contributed by atoms with Crippen LogP contribution in [0, 0.1) is 0 Å².